The molecule has 184 valence electrons. The highest BCUT2D eigenvalue weighted by Crippen LogP contribution is 2.44. The fourth-order valence-corrected chi connectivity index (χ4v) is 5.67. The normalized spacial score (nSPS) is 31.0. The van der Waals surface area contributed by atoms with Gasteiger partial charge in [-0.2, -0.15) is 0 Å². The summed E-state index contributed by atoms with van der Waals surface area (Å²) in [4.78, 5) is 9.66. The number of thioether (sulfide) groups is 1. The van der Waals surface area contributed by atoms with E-state index >= 15 is 0 Å². The van der Waals surface area contributed by atoms with Gasteiger partial charge in [-0.1, -0.05) is 66.4 Å². The Morgan fingerprint density at radius 3 is 2.74 bits per heavy atom. The summed E-state index contributed by atoms with van der Waals surface area (Å²) in [5.74, 6) is 1.30. The van der Waals surface area contributed by atoms with Crippen molar-refractivity contribution >= 4 is 28.7 Å². The molecule has 2 aromatic heterocycles. The van der Waals surface area contributed by atoms with Crippen LogP contribution in [-0.4, -0.2) is 66.0 Å². The summed E-state index contributed by atoms with van der Waals surface area (Å²) in [5, 5.41) is 23.8. The Kier molecular flexibility index (Phi) is 5.79. The van der Waals surface area contributed by atoms with Gasteiger partial charge in [-0.25, -0.2) is 14.6 Å². The number of hydrogen-bond acceptors (Lipinski definition) is 9. The number of ether oxygens (including phenoxy) is 2. The maximum absolute atomic E-state index is 10.5. The average molecular weight is 495 g/mol. The first kappa shape index (κ1) is 22.9. The van der Waals surface area contributed by atoms with Crippen molar-refractivity contribution in [3.63, 3.8) is 0 Å². The average Bonchev–Trinajstić information content (AvgIpc) is 3.34. The SMILES string of the molecule is CCCSc1nc(NC2CC2c2ccccc2)c2nnn([C@@H]3C=C[C@H](O)[C@H]4OC(C)(C)O[C@H]43)c2n1. The second-order valence-corrected chi connectivity index (χ2v) is 10.9. The number of nitrogens with zero attached hydrogens (tertiary/aromatic N) is 5. The van der Waals surface area contributed by atoms with Crippen LogP contribution in [0.4, 0.5) is 5.82 Å². The molecule has 0 spiro atoms. The fourth-order valence-electron chi connectivity index (χ4n) is 4.98. The van der Waals surface area contributed by atoms with E-state index in [1.165, 1.54) is 5.56 Å². The zero-order valence-corrected chi connectivity index (χ0v) is 20.9. The number of rotatable bonds is 7. The smallest absolute Gasteiger partial charge is 0.191 e. The van der Waals surface area contributed by atoms with Crippen LogP contribution in [-0.2, 0) is 9.47 Å². The Balaban J connectivity index is 1.35. The number of benzene rings is 1. The van der Waals surface area contributed by atoms with Crippen molar-refractivity contribution in [1.29, 1.82) is 0 Å². The molecule has 3 aliphatic rings. The largest absolute Gasteiger partial charge is 0.386 e. The number of fused-ring (bicyclic) bond motifs is 2. The number of nitrogens with one attached hydrogen (secondary N) is 1. The Morgan fingerprint density at radius 2 is 1.94 bits per heavy atom. The van der Waals surface area contributed by atoms with E-state index in [0.29, 0.717) is 34.1 Å². The molecule has 1 aliphatic heterocycles. The van der Waals surface area contributed by atoms with Gasteiger partial charge in [-0.3, -0.25) is 0 Å². The van der Waals surface area contributed by atoms with Gasteiger partial charge in [0, 0.05) is 17.7 Å². The van der Waals surface area contributed by atoms with Crippen LogP contribution in [0, 0.1) is 0 Å². The standard InChI is InChI=1S/C25H30N6O3S/c1-4-12-35-24-27-22(26-16-13-15(16)14-8-6-5-7-9-14)19-23(28-24)31(30-29-19)17-10-11-18(32)21-20(17)33-25(2,3)34-21/h5-11,15-18,20-21,32H,4,12-13H2,1-3H3,(H,26,27,28)/t15?,16?,17-,18+,20+,21-/m1/s1. The fraction of sp³-hybridized carbons (Fsp3) is 0.520. The first-order valence-electron chi connectivity index (χ1n) is 12.2. The van der Waals surface area contributed by atoms with Gasteiger partial charge in [0.2, 0.25) is 0 Å². The molecule has 6 atom stereocenters. The van der Waals surface area contributed by atoms with Gasteiger partial charge in [0.25, 0.3) is 0 Å². The topological polar surface area (TPSA) is 107 Å². The molecule has 0 radical (unpaired) electrons. The van der Waals surface area contributed by atoms with E-state index in [1.54, 1.807) is 22.5 Å². The third kappa shape index (κ3) is 4.33. The minimum Gasteiger partial charge on any atom is -0.386 e. The summed E-state index contributed by atoms with van der Waals surface area (Å²) >= 11 is 1.63. The zero-order chi connectivity index (χ0) is 24.2. The molecule has 2 aliphatic carbocycles. The van der Waals surface area contributed by atoms with Crippen LogP contribution in [0.5, 0.6) is 0 Å². The van der Waals surface area contributed by atoms with Gasteiger partial charge in [0.15, 0.2) is 27.9 Å². The highest BCUT2D eigenvalue weighted by atomic mass is 32.2. The van der Waals surface area contributed by atoms with Crippen LogP contribution in [0.25, 0.3) is 11.2 Å². The van der Waals surface area contributed by atoms with E-state index < -0.39 is 24.1 Å². The number of aliphatic hydroxyl groups excluding tert-OH is 1. The Hall–Kier alpha value is -2.53. The van der Waals surface area contributed by atoms with Gasteiger partial charge in [0.1, 0.15) is 24.4 Å². The van der Waals surface area contributed by atoms with Gasteiger partial charge < -0.3 is 19.9 Å². The van der Waals surface area contributed by atoms with Crippen LogP contribution in [0.1, 0.15) is 51.1 Å². The molecule has 2 N–H and O–H groups in total. The minimum atomic E-state index is -0.792. The third-order valence-electron chi connectivity index (χ3n) is 6.70. The summed E-state index contributed by atoms with van der Waals surface area (Å²) in [6, 6.07) is 10.5. The Bertz CT molecular complexity index is 1250. The molecule has 1 saturated heterocycles. The van der Waals surface area contributed by atoms with E-state index in [-0.39, 0.29) is 6.04 Å². The lowest BCUT2D eigenvalue weighted by atomic mass is 9.94. The predicted octanol–water partition coefficient (Wildman–Crippen LogP) is 3.68. The van der Waals surface area contributed by atoms with Crippen LogP contribution in [0.15, 0.2) is 47.6 Å². The molecule has 35 heavy (non-hydrogen) atoms. The molecule has 6 rings (SSSR count). The van der Waals surface area contributed by atoms with Crippen LogP contribution in [0.2, 0.25) is 0 Å². The van der Waals surface area contributed by atoms with Crippen molar-refractivity contribution in [3.05, 3.63) is 48.0 Å². The van der Waals surface area contributed by atoms with Crippen LogP contribution in [0.3, 0.4) is 0 Å². The molecule has 0 amide bonds. The zero-order valence-electron chi connectivity index (χ0n) is 20.0. The molecule has 0 bridgehead atoms. The van der Waals surface area contributed by atoms with Gasteiger partial charge >= 0.3 is 0 Å². The van der Waals surface area contributed by atoms with Crippen LogP contribution >= 0.6 is 11.8 Å². The molecule has 1 saturated carbocycles. The summed E-state index contributed by atoms with van der Waals surface area (Å²) in [5.41, 5.74) is 2.62. The van der Waals surface area contributed by atoms with E-state index in [2.05, 4.69) is 46.8 Å². The molecule has 2 unspecified atom stereocenters. The lowest BCUT2D eigenvalue weighted by Gasteiger charge is -2.29. The second-order valence-electron chi connectivity index (χ2n) is 9.84. The van der Waals surface area contributed by atoms with E-state index in [1.807, 2.05) is 26.0 Å². The van der Waals surface area contributed by atoms with Crippen molar-refractivity contribution in [2.75, 3.05) is 11.1 Å². The van der Waals surface area contributed by atoms with Crippen molar-refractivity contribution in [3.8, 4) is 0 Å². The minimum absolute atomic E-state index is 0.297. The number of aliphatic hydroxyl groups is 1. The summed E-state index contributed by atoms with van der Waals surface area (Å²) in [6.45, 7) is 5.86. The monoisotopic (exact) mass is 494 g/mol. The van der Waals surface area contributed by atoms with Crippen molar-refractivity contribution in [1.82, 2.24) is 25.0 Å². The second kappa shape index (κ2) is 8.85. The van der Waals surface area contributed by atoms with Crippen molar-refractivity contribution in [2.24, 2.45) is 0 Å². The van der Waals surface area contributed by atoms with Crippen LogP contribution < -0.4 is 5.32 Å². The molecule has 9 nitrogen and oxygen atoms in total. The first-order valence-corrected chi connectivity index (χ1v) is 13.2. The summed E-state index contributed by atoms with van der Waals surface area (Å²) in [7, 11) is 0. The maximum atomic E-state index is 10.5. The molecular formula is C25H30N6O3S. The lowest BCUT2D eigenvalue weighted by molar-refractivity contribution is -0.153. The third-order valence-corrected chi connectivity index (χ3v) is 7.76. The number of anilines is 1. The van der Waals surface area contributed by atoms with E-state index in [4.69, 9.17) is 19.4 Å². The molecule has 3 aromatic rings. The number of aromatic nitrogens is 5. The lowest BCUT2D eigenvalue weighted by Crippen LogP contribution is -2.42. The molecular weight excluding hydrogens is 464 g/mol. The Labute approximate surface area is 208 Å². The van der Waals surface area contributed by atoms with Gasteiger partial charge in [0.05, 0.1) is 0 Å². The Morgan fingerprint density at radius 1 is 1.14 bits per heavy atom. The molecule has 2 fully saturated rings. The number of hydrogen-bond donors (Lipinski definition) is 2. The van der Waals surface area contributed by atoms with E-state index in [9.17, 15) is 5.11 Å². The quantitative estimate of drug-likeness (QED) is 0.289. The van der Waals surface area contributed by atoms with Gasteiger partial charge in [-0.15, -0.1) is 5.10 Å². The molecule has 10 heteroatoms. The first-order chi connectivity index (χ1) is 16.9. The van der Waals surface area contributed by atoms with Gasteiger partial charge in [-0.05, 0) is 32.3 Å². The summed E-state index contributed by atoms with van der Waals surface area (Å²) in [6.07, 6.45) is 4.11. The maximum Gasteiger partial charge on any atom is 0.191 e. The molecule has 1 aromatic carbocycles. The molecule has 3 heterocycles. The highest BCUT2D eigenvalue weighted by molar-refractivity contribution is 7.99. The highest BCUT2D eigenvalue weighted by Gasteiger charge is 2.50. The van der Waals surface area contributed by atoms with Crippen molar-refractivity contribution in [2.45, 2.75) is 80.9 Å². The van der Waals surface area contributed by atoms with E-state index in [0.717, 1.165) is 18.6 Å². The predicted molar refractivity (Wildman–Crippen MR) is 133 cm³/mol. The summed E-state index contributed by atoms with van der Waals surface area (Å²) < 4.78 is 14.0. The van der Waals surface area contributed by atoms with Crippen molar-refractivity contribution < 1.29 is 14.6 Å².